The van der Waals surface area contributed by atoms with Crippen molar-refractivity contribution in [1.82, 2.24) is 5.32 Å². The van der Waals surface area contributed by atoms with Crippen LogP contribution in [0.3, 0.4) is 0 Å². The fraction of sp³-hybridized carbons (Fsp3) is 0.571. The molecule has 0 heterocycles. The van der Waals surface area contributed by atoms with Crippen LogP contribution < -0.4 is 5.32 Å². The standard InChI is InChI=1S/C14H23NO2/c1-14(12-17,13-8-4-2-5-9-13)15-10-6-3-7-11-16/h2,4-5,8-9,15-17H,3,6-7,10-12H2,1H3. The van der Waals surface area contributed by atoms with Crippen molar-refractivity contribution >= 4 is 0 Å². The smallest absolute Gasteiger partial charge is 0.0652 e. The minimum atomic E-state index is -0.375. The third-order valence-electron chi connectivity index (χ3n) is 3.08. The van der Waals surface area contributed by atoms with E-state index in [0.717, 1.165) is 31.4 Å². The second kappa shape index (κ2) is 7.43. The predicted octanol–water partition coefficient (Wildman–Crippen LogP) is 1.65. The molecule has 1 atom stereocenters. The lowest BCUT2D eigenvalue weighted by Crippen LogP contribution is -2.43. The van der Waals surface area contributed by atoms with E-state index in [1.807, 2.05) is 37.3 Å². The molecule has 3 N–H and O–H groups in total. The summed E-state index contributed by atoms with van der Waals surface area (Å²) in [5.74, 6) is 0. The van der Waals surface area contributed by atoms with Crippen LogP contribution in [-0.2, 0) is 5.54 Å². The first-order chi connectivity index (χ1) is 8.23. The summed E-state index contributed by atoms with van der Waals surface area (Å²) in [4.78, 5) is 0. The molecule has 3 nitrogen and oxygen atoms in total. The molecule has 0 aliphatic carbocycles. The van der Waals surface area contributed by atoms with E-state index in [0.29, 0.717) is 0 Å². The fourth-order valence-electron chi connectivity index (χ4n) is 1.83. The summed E-state index contributed by atoms with van der Waals surface area (Å²) in [6, 6.07) is 9.99. The average molecular weight is 237 g/mol. The van der Waals surface area contributed by atoms with E-state index >= 15 is 0 Å². The summed E-state index contributed by atoms with van der Waals surface area (Å²) in [6.45, 7) is 3.20. The Bertz CT molecular complexity index is 302. The first-order valence-corrected chi connectivity index (χ1v) is 6.25. The number of hydrogen-bond donors (Lipinski definition) is 3. The van der Waals surface area contributed by atoms with Crippen LogP contribution in [0.1, 0.15) is 31.7 Å². The Balaban J connectivity index is 2.46. The molecule has 0 aliphatic heterocycles. The Labute approximate surface area is 103 Å². The van der Waals surface area contributed by atoms with Crippen molar-refractivity contribution in [2.75, 3.05) is 19.8 Å². The molecule has 0 radical (unpaired) electrons. The van der Waals surface area contributed by atoms with Crippen LogP contribution in [0.15, 0.2) is 30.3 Å². The van der Waals surface area contributed by atoms with Crippen molar-refractivity contribution in [1.29, 1.82) is 0 Å². The molecule has 0 saturated heterocycles. The molecule has 0 aromatic heterocycles. The number of unbranched alkanes of at least 4 members (excludes halogenated alkanes) is 2. The van der Waals surface area contributed by atoms with Gasteiger partial charge in [0.15, 0.2) is 0 Å². The lowest BCUT2D eigenvalue weighted by atomic mass is 9.93. The second-order valence-corrected chi connectivity index (χ2v) is 4.57. The van der Waals surface area contributed by atoms with Crippen molar-refractivity contribution in [3.63, 3.8) is 0 Å². The van der Waals surface area contributed by atoms with Crippen LogP contribution in [0.4, 0.5) is 0 Å². The highest BCUT2D eigenvalue weighted by Gasteiger charge is 2.24. The first-order valence-electron chi connectivity index (χ1n) is 6.25. The normalized spacial score (nSPS) is 14.5. The highest BCUT2D eigenvalue weighted by atomic mass is 16.3. The van der Waals surface area contributed by atoms with Gasteiger partial charge in [-0.15, -0.1) is 0 Å². The molecule has 0 bridgehead atoms. The Morgan fingerprint density at radius 3 is 2.35 bits per heavy atom. The molecule has 96 valence electrons. The first kappa shape index (κ1) is 14.2. The highest BCUT2D eigenvalue weighted by molar-refractivity contribution is 5.23. The van der Waals surface area contributed by atoms with Crippen molar-refractivity contribution in [3.05, 3.63) is 35.9 Å². The lowest BCUT2D eigenvalue weighted by Gasteiger charge is -2.29. The fourth-order valence-corrected chi connectivity index (χ4v) is 1.83. The Morgan fingerprint density at radius 1 is 1.06 bits per heavy atom. The van der Waals surface area contributed by atoms with Crippen LogP contribution in [0, 0.1) is 0 Å². The van der Waals surface area contributed by atoms with Gasteiger partial charge in [0.05, 0.1) is 12.1 Å². The summed E-state index contributed by atoms with van der Waals surface area (Å²) < 4.78 is 0. The van der Waals surface area contributed by atoms with E-state index in [2.05, 4.69) is 5.32 Å². The Hall–Kier alpha value is -0.900. The molecule has 0 saturated carbocycles. The number of aliphatic hydroxyl groups excluding tert-OH is 2. The predicted molar refractivity (Wildman–Crippen MR) is 69.8 cm³/mol. The SMILES string of the molecule is CC(CO)(NCCCCCO)c1ccccc1. The van der Waals surface area contributed by atoms with Gasteiger partial charge in [-0.1, -0.05) is 30.3 Å². The van der Waals surface area contributed by atoms with Crippen LogP contribution in [-0.4, -0.2) is 30.0 Å². The van der Waals surface area contributed by atoms with E-state index in [9.17, 15) is 5.11 Å². The van der Waals surface area contributed by atoms with Gasteiger partial charge in [0.25, 0.3) is 0 Å². The number of benzene rings is 1. The zero-order valence-electron chi connectivity index (χ0n) is 10.5. The minimum Gasteiger partial charge on any atom is -0.396 e. The van der Waals surface area contributed by atoms with Crippen LogP contribution in [0.5, 0.6) is 0 Å². The van der Waals surface area contributed by atoms with Crippen LogP contribution >= 0.6 is 0 Å². The van der Waals surface area contributed by atoms with Gasteiger partial charge in [-0.05, 0) is 38.3 Å². The lowest BCUT2D eigenvalue weighted by molar-refractivity contribution is 0.174. The molecule has 1 aromatic carbocycles. The molecular formula is C14H23NO2. The third-order valence-corrected chi connectivity index (χ3v) is 3.08. The Kier molecular flexibility index (Phi) is 6.19. The quantitative estimate of drug-likeness (QED) is 0.603. The van der Waals surface area contributed by atoms with E-state index < -0.39 is 0 Å². The average Bonchev–Trinajstić information content (AvgIpc) is 2.39. The van der Waals surface area contributed by atoms with E-state index in [1.165, 1.54) is 0 Å². The van der Waals surface area contributed by atoms with Crippen molar-refractivity contribution in [2.45, 2.75) is 31.7 Å². The molecule has 1 aromatic rings. The molecule has 0 aliphatic rings. The zero-order valence-corrected chi connectivity index (χ0v) is 10.5. The molecule has 3 heteroatoms. The molecular weight excluding hydrogens is 214 g/mol. The van der Waals surface area contributed by atoms with Gasteiger partial charge in [-0.2, -0.15) is 0 Å². The topological polar surface area (TPSA) is 52.5 Å². The maximum atomic E-state index is 9.54. The van der Waals surface area contributed by atoms with Gasteiger partial charge in [0, 0.05) is 6.61 Å². The maximum absolute atomic E-state index is 9.54. The summed E-state index contributed by atoms with van der Waals surface area (Å²) in [6.07, 6.45) is 2.88. The number of aliphatic hydroxyl groups is 2. The van der Waals surface area contributed by atoms with Crippen molar-refractivity contribution in [3.8, 4) is 0 Å². The molecule has 0 spiro atoms. The van der Waals surface area contributed by atoms with Crippen molar-refractivity contribution in [2.24, 2.45) is 0 Å². The number of rotatable bonds is 8. The molecule has 1 rings (SSSR count). The molecule has 17 heavy (non-hydrogen) atoms. The molecule has 0 amide bonds. The largest absolute Gasteiger partial charge is 0.396 e. The third kappa shape index (κ3) is 4.46. The molecule has 1 unspecified atom stereocenters. The summed E-state index contributed by atoms with van der Waals surface area (Å²) in [5.41, 5.74) is 0.727. The van der Waals surface area contributed by atoms with Gasteiger partial charge < -0.3 is 15.5 Å². The zero-order chi connectivity index (χ0) is 12.6. The maximum Gasteiger partial charge on any atom is 0.0652 e. The van der Waals surface area contributed by atoms with Crippen LogP contribution in [0.2, 0.25) is 0 Å². The van der Waals surface area contributed by atoms with Crippen molar-refractivity contribution < 1.29 is 10.2 Å². The van der Waals surface area contributed by atoms with Gasteiger partial charge in [-0.3, -0.25) is 0 Å². The van der Waals surface area contributed by atoms with Gasteiger partial charge in [-0.25, -0.2) is 0 Å². The van der Waals surface area contributed by atoms with Gasteiger partial charge in [0.1, 0.15) is 0 Å². The van der Waals surface area contributed by atoms with Gasteiger partial charge >= 0.3 is 0 Å². The van der Waals surface area contributed by atoms with Gasteiger partial charge in [0.2, 0.25) is 0 Å². The Morgan fingerprint density at radius 2 is 1.76 bits per heavy atom. The molecule has 0 fully saturated rings. The summed E-state index contributed by atoms with van der Waals surface area (Å²) >= 11 is 0. The van der Waals surface area contributed by atoms with Crippen LogP contribution in [0.25, 0.3) is 0 Å². The van der Waals surface area contributed by atoms with E-state index in [-0.39, 0.29) is 18.8 Å². The minimum absolute atomic E-state index is 0.0804. The second-order valence-electron chi connectivity index (χ2n) is 4.57. The highest BCUT2D eigenvalue weighted by Crippen LogP contribution is 2.19. The number of hydrogen-bond acceptors (Lipinski definition) is 3. The summed E-state index contributed by atoms with van der Waals surface area (Å²) in [5, 5.41) is 21.6. The summed E-state index contributed by atoms with van der Waals surface area (Å²) in [7, 11) is 0. The monoisotopic (exact) mass is 237 g/mol. The van der Waals surface area contributed by atoms with E-state index in [4.69, 9.17) is 5.11 Å². The number of nitrogens with one attached hydrogen (secondary N) is 1. The van der Waals surface area contributed by atoms with E-state index in [1.54, 1.807) is 0 Å².